The zero-order valence-electron chi connectivity index (χ0n) is 12.3. The van der Waals surface area contributed by atoms with Crippen LogP contribution in [-0.4, -0.2) is 27.7 Å². The lowest BCUT2D eigenvalue weighted by atomic mass is 10.1. The van der Waals surface area contributed by atoms with Crippen molar-refractivity contribution in [3.05, 3.63) is 59.9 Å². The van der Waals surface area contributed by atoms with E-state index in [1.807, 2.05) is 28.8 Å². The van der Waals surface area contributed by atoms with Crippen LogP contribution in [0.25, 0.3) is 11.0 Å². The van der Waals surface area contributed by atoms with E-state index in [1.54, 1.807) is 31.6 Å². The molecule has 23 heavy (non-hydrogen) atoms. The monoisotopic (exact) mass is 328 g/mol. The lowest BCUT2D eigenvalue weighted by molar-refractivity contribution is -0.108. The minimum atomic E-state index is -1.01. The zero-order chi connectivity index (χ0) is 16.4. The van der Waals surface area contributed by atoms with E-state index in [0.29, 0.717) is 17.6 Å². The van der Waals surface area contributed by atoms with Gasteiger partial charge in [-0.05, 0) is 41.4 Å². The summed E-state index contributed by atoms with van der Waals surface area (Å²) in [6.45, 7) is 0.495. The number of carbonyl (C=O) groups excluding carboxylic acids is 2. The summed E-state index contributed by atoms with van der Waals surface area (Å²) in [6, 6.07) is 11.1. The number of aromatic nitrogens is 2. The Morgan fingerprint density at radius 2 is 2.09 bits per heavy atom. The number of nitrogens with zero attached hydrogens (tertiary/aromatic N) is 2. The molecule has 0 N–H and O–H groups in total. The van der Waals surface area contributed by atoms with E-state index in [2.05, 4.69) is 4.98 Å². The average molecular weight is 329 g/mol. The highest BCUT2D eigenvalue weighted by molar-refractivity contribution is 6.83. The van der Waals surface area contributed by atoms with Gasteiger partial charge in [0.2, 0.25) is 5.78 Å². The minimum Gasteiger partial charge on any atom is -0.497 e. The smallest absolute Gasteiger partial charge is 0.293 e. The SMILES string of the molecule is COc1cccc(Cn2cc(C(=O)C(=O)Cl)c3cccnc32)c1. The van der Waals surface area contributed by atoms with Gasteiger partial charge in [0.05, 0.1) is 12.7 Å². The summed E-state index contributed by atoms with van der Waals surface area (Å²) in [5, 5.41) is -0.399. The number of methoxy groups -OCH3 is 1. The largest absolute Gasteiger partial charge is 0.497 e. The fourth-order valence-electron chi connectivity index (χ4n) is 2.50. The predicted molar refractivity (Wildman–Crippen MR) is 87.0 cm³/mol. The second kappa shape index (κ2) is 6.22. The standard InChI is InChI=1S/C17H13ClN2O3/c1-23-12-5-2-4-11(8-12)9-20-10-14(15(21)16(18)22)13-6-3-7-19-17(13)20/h2-8,10H,9H2,1H3. The maximum atomic E-state index is 12.0. The molecule has 0 fully saturated rings. The Bertz CT molecular complexity index is 902. The molecule has 2 heterocycles. The van der Waals surface area contributed by atoms with Gasteiger partial charge in [-0.1, -0.05) is 12.1 Å². The molecule has 0 amide bonds. The fourth-order valence-corrected chi connectivity index (χ4v) is 2.60. The highest BCUT2D eigenvalue weighted by Crippen LogP contribution is 2.22. The van der Waals surface area contributed by atoms with Crippen LogP contribution in [0.4, 0.5) is 0 Å². The molecule has 116 valence electrons. The van der Waals surface area contributed by atoms with Gasteiger partial charge in [0.25, 0.3) is 5.24 Å². The van der Waals surface area contributed by atoms with Crippen molar-refractivity contribution in [1.82, 2.24) is 9.55 Å². The molecule has 0 aliphatic rings. The molecule has 2 aromatic heterocycles. The van der Waals surface area contributed by atoms with E-state index in [-0.39, 0.29) is 5.56 Å². The number of hydrogen-bond donors (Lipinski definition) is 0. The van der Waals surface area contributed by atoms with Crippen molar-refractivity contribution in [1.29, 1.82) is 0 Å². The Morgan fingerprint density at radius 1 is 1.26 bits per heavy atom. The number of carbonyl (C=O) groups is 2. The molecule has 0 atom stereocenters. The summed E-state index contributed by atoms with van der Waals surface area (Å²) in [5.74, 6) is 0.0215. The van der Waals surface area contributed by atoms with E-state index < -0.39 is 11.0 Å². The summed E-state index contributed by atoms with van der Waals surface area (Å²) < 4.78 is 7.03. The molecule has 0 saturated heterocycles. The van der Waals surface area contributed by atoms with Gasteiger partial charge >= 0.3 is 0 Å². The quantitative estimate of drug-likeness (QED) is 0.410. The van der Waals surface area contributed by atoms with E-state index in [1.165, 1.54) is 0 Å². The van der Waals surface area contributed by atoms with Crippen molar-refractivity contribution in [2.24, 2.45) is 0 Å². The van der Waals surface area contributed by atoms with E-state index in [9.17, 15) is 9.59 Å². The van der Waals surface area contributed by atoms with Crippen LogP contribution in [-0.2, 0) is 11.3 Å². The van der Waals surface area contributed by atoms with Gasteiger partial charge in [-0.2, -0.15) is 0 Å². The van der Waals surface area contributed by atoms with Crippen LogP contribution in [0.2, 0.25) is 0 Å². The van der Waals surface area contributed by atoms with Gasteiger partial charge in [0.1, 0.15) is 11.4 Å². The van der Waals surface area contributed by atoms with Crippen LogP contribution in [0, 0.1) is 0 Å². The molecule has 6 heteroatoms. The maximum Gasteiger partial charge on any atom is 0.293 e. The van der Waals surface area contributed by atoms with Gasteiger partial charge in [0, 0.05) is 24.3 Å². The predicted octanol–water partition coefficient (Wildman–Crippen LogP) is 3.04. The van der Waals surface area contributed by atoms with Crippen molar-refractivity contribution in [2.75, 3.05) is 7.11 Å². The Balaban J connectivity index is 2.07. The molecule has 0 saturated carbocycles. The third-order valence-corrected chi connectivity index (χ3v) is 3.72. The molecular weight excluding hydrogens is 316 g/mol. The van der Waals surface area contributed by atoms with Crippen LogP contribution in [0.15, 0.2) is 48.8 Å². The van der Waals surface area contributed by atoms with Gasteiger partial charge in [0.15, 0.2) is 0 Å². The lowest BCUT2D eigenvalue weighted by Crippen LogP contribution is -2.06. The first-order valence-electron chi connectivity index (χ1n) is 6.91. The molecule has 0 aliphatic carbocycles. The van der Waals surface area contributed by atoms with Gasteiger partial charge in [-0.3, -0.25) is 9.59 Å². The molecule has 0 bridgehead atoms. The first-order chi connectivity index (χ1) is 11.1. The second-order valence-electron chi connectivity index (χ2n) is 5.00. The number of pyridine rings is 1. The van der Waals surface area contributed by atoms with Gasteiger partial charge in [-0.15, -0.1) is 0 Å². The van der Waals surface area contributed by atoms with Gasteiger partial charge < -0.3 is 9.30 Å². The lowest BCUT2D eigenvalue weighted by Gasteiger charge is -2.06. The van der Waals surface area contributed by atoms with Crippen LogP contribution in [0.3, 0.4) is 0 Å². The first kappa shape index (κ1) is 15.2. The maximum absolute atomic E-state index is 12.0. The third kappa shape index (κ3) is 2.96. The number of halogens is 1. The summed E-state index contributed by atoms with van der Waals surface area (Å²) >= 11 is 5.34. The van der Waals surface area contributed by atoms with E-state index in [0.717, 1.165) is 11.3 Å². The second-order valence-corrected chi connectivity index (χ2v) is 5.34. The van der Waals surface area contributed by atoms with Crippen molar-refractivity contribution in [2.45, 2.75) is 6.54 Å². The average Bonchev–Trinajstić information content (AvgIpc) is 2.93. The fraction of sp³-hybridized carbons (Fsp3) is 0.118. The molecule has 0 radical (unpaired) electrons. The molecule has 0 spiro atoms. The molecule has 0 unspecified atom stereocenters. The summed E-state index contributed by atoms with van der Waals surface area (Å²) in [6.07, 6.45) is 3.25. The van der Waals surface area contributed by atoms with Gasteiger partial charge in [-0.25, -0.2) is 4.98 Å². The topological polar surface area (TPSA) is 61.2 Å². The Morgan fingerprint density at radius 3 is 2.83 bits per heavy atom. The minimum absolute atomic E-state index is 0.260. The van der Waals surface area contributed by atoms with Crippen molar-refractivity contribution in [3.8, 4) is 5.75 Å². The number of hydrogen-bond acceptors (Lipinski definition) is 4. The van der Waals surface area contributed by atoms with Crippen molar-refractivity contribution in [3.63, 3.8) is 0 Å². The number of fused-ring (bicyclic) bond motifs is 1. The highest BCUT2D eigenvalue weighted by atomic mass is 35.5. The molecule has 1 aromatic carbocycles. The molecular formula is C17H13ClN2O3. The number of benzene rings is 1. The Labute approximate surface area is 137 Å². The normalized spacial score (nSPS) is 10.7. The number of ketones is 1. The molecule has 5 nitrogen and oxygen atoms in total. The highest BCUT2D eigenvalue weighted by Gasteiger charge is 2.20. The van der Waals surface area contributed by atoms with Crippen molar-refractivity contribution >= 4 is 33.7 Å². The van der Waals surface area contributed by atoms with Crippen LogP contribution >= 0.6 is 11.6 Å². The Kier molecular flexibility index (Phi) is 4.12. The first-order valence-corrected chi connectivity index (χ1v) is 7.29. The van der Waals surface area contributed by atoms with Crippen molar-refractivity contribution < 1.29 is 14.3 Å². The van der Waals surface area contributed by atoms with Crippen LogP contribution < -0.4 is 4.74 Å². The molecule has 0 aliphatic heterocycles. The Hall–Kier alpha value is -2.66. The van der Waals surface area contributed by atoms with Crippen LogP contribution in [0.5, 0.6) is 5.75 Å². The summed E-state index contributed by atoms with van der Waals surface area (Å²) in [7, 11) is 1.61. The van der Waals surface area contributed by atoms with Crippen LogP contribution in [0.1, 0.15) is 15.9 Å². The molecule has 3 aromatic rings. The molecule has 3 rings (SSSR count). The number of rotatable bonds is 5. The van der Waals surface area contributed by atoms with E-state index in [4.69, 9.17) is 16.3 Å². The number of ether oxygens (including phenoxy) is 1. The summed E-state index contributed by atoms with van der Waals surface area (Å²) in [5.41, 5.74) is 1.87. The third-order valence-electron chi connectivity index (χ3n) is 3.54. The zero-order valence-corrected chi connectivity index (χ0v) is 13.1. The van der Waals surface area contributed by atoms with E-state index >= 15 is 0 Å². The number of Topliss-reactive ketones (excluding diaryl/α,β-unsaturated/α-hetero) is 1. The summed E-state index contributed by atoms with van der Waals surface area (Å²) in [4.78, 5) is 27.5.